The van der Waals surface area contributed by atoms with E-state index in [2.05, 4.69) is 0 Å². The average molecular weight is 442 g/mol. The number of pyridine rings is 1. The fraction of sp³-hybridized carbons (Fsp3) is 0.316. The number of hydrogen-bond donors (Lipinski definition) is 4. The number of aromatic hydroxyl groups is 1. The molecule has 1 aromatic heterocycles. The van der Waals surface area contributed by atoms with E-state index in [-0.39, 0.29) is 31.0 Å². The van der Waals surface area contributed by atoms with Crippen LogP contribution < -0.4 is 10.9 Å². The van der Waals surface area contributed by atoms with Gasteiger partial charge in [-0.25, -0.2) is 4.79 Å². The number of rotatable bonds is 6. The van der Waals surface area contributed by atoms with Gasteiger partial charge in [-0.05, 0) is 17.7 Å². The van der Waals surface area contributed by atoms with Crippen molar-refractivity contribution in [2.45, 2.75) is 32.0 Å². The van der Waals surface area contributed by atoms with Crippen LogP contribution in [0.3, 0.4) is 0 Å². The second kappa shape index (κ2) is 8.40. The summed E-state index contributed by atoms with van der Waals surface area (Å²) in [7, 11) is 0. The number of ether oxygens (including phenoxy) is 1. The monoisotopic (exact) mass is 442 g/mol. The number of benzene rings is 1. The van der Waals surface area contributed by atoms with Crippen molar-refractivity contribution in [3.8, 4) is 5.75 Å². The summed E-state index contributed by atoms with van der Waals surface area (Å²) in [6.07, 6.45) is -4.53. The number of aromatic nitrogens is 1. The molecule has 0 saturated carbocycles. The molecule has 0 aliphatic carbocycles. The number of halogens is 3. The molecule has 4 N–H and O–H groups in total. The van der Waals surface area contributed by atoms with Crippen molar-refractivity contribution in [3.63, 3.8) is 0 Å². The van der Waals surface area contributed by atoms with E-state index in [1.165, 1.54) is 12.1 Å². The van der Waals surface area contributed by atoms with Crippen molar-refractivity contribution in [2.24, 2.45) is 0 Å². The molecule has 1 amide bonds. The van der Waals surface area contributed by atoms with E-state index < -0.39 is 53.1 Å². The number of alkyl halides is 3. The molecule has 0 bridgehead atoms. The van der Waals surface area contributed by atoms with Crippen molar-refractivity contribution < 1.29 is 42.8 Å². The third-order valence-electron chi connectivity index (χ3n) is 4.78. The van der Waals surface area contributed by atoms with Gasteiger partial charge in [0.1, 0.15) is 11.3 Å². The first-order valence-electron chi connectivity index (χ1n) is 8.90. The van der Waals surface area contributed by atoms with E-state index in [1.54, 1.807) is 0 Å². The maximum Gasteiger partial charge on any atom is 0.416 e. The molecule has 1 aliphatic rings. The van der Waals surface area contributed by atoms with Gasteiger partial charge >= 0.3 is 12.1 Å². The van der Waals surface area contributed by atoms with Crippen LogP contribution in [-0.4, -0.2) is 44.4 Å². The Morgan fingerprint density at radius 2 is 1.84 bits per heavy atom. The summed E-state index contributed by atoms with van der Waals surface area (Å²) in [4.78, 5) is 36.5. The standard InChI is InChI=1S/C19H17F3N2O7/c20-19(21,22)10-3-1-9(2-4-10)5-24-13-8-31-7-11(13)15(26)14(17(24)28)16(27)23-12(6-25)18(29)30/h1-4,12,25-26H,5-8H2,(H,23,27)(H,29,30)/t12-/m0/s1. The highest BCUT2D eigenvalue weighted by molar-refractivity contribution is 5.99. The van der Waals surface area contributed by atoms with Gasteiger partial charge in [0, 0.05) is 5.56 Å². The van der Waals surface area contributed by atoms with Crippen LogP contribution in [0.4, 0.5) is 13.2 Å². The topological polar surface area (TPSA) is 138 Å². The number of nitrogens with zero attached hydrogens (tertiary/aromatic N) is 1. The Hall–Kier alpha value is -3.38. The Kier molecular flexibility index (Phi) is 6.04. The summed E-state index contributed by atoms with van der Waals surface area (Å²) in [5.74, 6) is -3.45. The summed E-state index contributed by atoms with van der Waals surface area (Å²) in [6, 6.07) is 2.35. The van der Waals surface area contributed by atoms with Gasteiger partial charge in [-0.1, -0.05) is 12.1 Å². The predicted molar refractivity (Wildman–Crippen MR) is 97.4 cm³/mol. The minimum absolute atomic E-state index is 0.0743. The number of hydrogen-bond acceptors (Lipinski definition) is 6. The first-order chi connectivity index (χ1) is 14.5. The Labute approximate surface area is 172 Å². The maximum atomic E-state index is 13.0. The maximum absolute atomic E-state index is 13.0. The molecule has 31 heavy (non-hydrogen) atoms. The number of carbonyl (C=O) groups is 2. The summed E-state index contributed by atoms with van der Waals surface area (Å²) < 4.78 is 44.6. The number of carbonyl (C=O) groups excluding carboxylic acids is 1. The second-order valence-electron chi connectivity index (χ2n) is 6.77. The number of carboxylic acid groups (broad SMARTS) is 1. The minimum Gasteiger partial charge on any atom is -0.506 e. The van der Waals surface area contributed by atoms with Gasteiger partial charge in [0.15, 0.2) is 6.04 Å². The molecule has 9 nitrogen and oxygen atoms in total. The van der Waals surface area contributed by atoms with Crippen LogP contribution in [0.15, 0.2) is 29.1 Å². The Morgan fingerprint density at radius 3 is 2.39 bits per heavy atom. The summed E-state index contributed by atoms with van der Waals surface area (Å²) in [6.45, 7) is -1.37. The minimum atomic E-state index is -4.53. The van der Waals surface area contributed by atoms with E-state index in [4.69, 9.17) is 14.9 Å². The van der Waals surface area contributed by atoms with Gasteiger partial charge in [0.2, 0.25) is 0 Å². The van der Waals surface area contributed by atoms with Crippen LogP contribution in [-0.2, 0) is 35.5 Å². The number of amides is 1. The quantitative estimate of drug-likeness (QED) is 0.520. The van der Waals surface area contributed by atoms with Crippen molar-refractivity contribution in [1.29, 1.82) is 0 Å². The molecule has 2 aromatic rings. The van der Waals surface area contributed by atoms with Crippen LogP contribution in [0.5, 0.6) is 5.75 Å². The van der Waals surface area contributed by atoms with Gasteiger partial charge in [0.25, 0.3) is 11.5 Å². The summed E-state index contributed by atoms with van der Waals surface area (Å²) in [5.41, 5.74) is -1.91. The van der Waals surface area contributed by atoms with Crippen molar-refractivity contribution in [1.82, 2.24) is 9.88 Å². The highest BCUT2D eigenvalue weighted by Crippen LogP contribution is 2.31. The number of nitrogens with one attached hydrogen (secondary N) is 1. The summed E-state index contributed by atoms with van der Waals surface area (Å²) >= 11 is 0. The second-order valence-corrected chi connectivity index (χ2v) is 6.77. The number of aliphatic carboxylic acids is 1. The van der Waals surface area contributed by atoms with Gasteiger partial charge in [-0.15, -0.1) is 0 Å². The van der Waals surface area contributed by atoms with Gasteiger partial charge in [0.05, 0.1) is 37.6 Å². The molecule has 0 spiro atoms. The molecule has 0 saturated heterocycles. The lowest BCUT2D eigenvalue weighted by Gasteiger charge is -2.17. The molecule has 3 rings (SSSR count). The van der Waals surface area contributed by atoms with Crippen LogP contribution >= 0.6 is 0 Å². The number of fused-ring (bicyclic) bond motifs is 1. The highest BCUT2D eigenvalue weighted by Gasteiger charge is 2.32. The number of aliphatic hydroxyl groups is 1. The van der Waals surface area contributed by atoms with E-state index in [1.807, 2.05) is 5.32 Å². The molecule has 0 radical (unpaired) electrons. The zero-order chi connectivity index (χ0) is 22.9. The average Bonchev–Trinajstić information content (AvgIpc) is 3.19. The molecule has 166 valence electrons. The van der Waals surface area contributed by atoms with Crippen LogP contribution in [0.1, 0.15) is 32.7 Å². The van der Waals surface area contributed by atoms with Crippen molar-refractivity contribution >= 4 is 11.9 Å². The van der Waals surface area contributed by atoms with Crippen LogP contribution in [0.25, 0.3) is 0 Å². The Bertz CT molecular complexity index is 1080. The third kappa shape index (κ3) is 4.39. The Balaban J connectivity index is 2.02. The smallest absolute Gasteiger partial charge is 0.416 e. The van der Waals surface area contributed by atoms with Gasteiger partial charge in [-0.2, -0.15) is 13.2 Å². The zero-order valence-corrected chi connectivity index (χ0v) is 15.8. The SMILES string of the molecule is O=C(N[C@@H](CO)C(=O)O)c1c(O)c2c(n(Cc3ccc(C(F)(F)F)cc3)c1=O)COC2. The zero-order valence-electron chi connectivity index (χ0n) is 15.8. The van der Waals surface area contributed by atoms with Crippen molar-refractivity contribution in [2.75, 3.05) is 6.61 Å². The Morgan fingerprint density at radius 1 is 1.19 bits per heavy atom. The normalized spacial score (nSPS) is 14.2. The highest BCUT2D eigenvalue weighted by atomic mass is 19.4. The fourth-order valence-corrected chi connectivity index (χ4v) is 3.15. The molecule has 1 aliphatic heterocycles. The largest absolute Gasteiger partial charge is 0.506 e. The molecule has 0 fully saturated rings. The van der Waals surface area contributed by atoms with Crippen molar-refractivity contribution in [3.05, 3.63) is 62.6 Å². The number of carboxylic acids is 1. The third-order valence-corrected chi connectivity index (χ3v) is 4.78. The lowest BCUT2D eigenvalue weighted by atomic mass is 10.1. The van der Waals surface area contributed by atoms with Gasteiger partial charge in [-0.3, -0.25) is 9.59 Å². The summed E-state index contributed by atoms with van der Waals surface area (Å²) in [5, 5.41) is 30.4. The lowest BCUT2D eigenvalue weighted by Crippen LogP contribution is -2.45. The molecule has 1 atom stereocenters. The van der Waals surface area contributed by atoms with Crippen LogP contribution in [0.2, 0.25) is 0 Å². The molecule has 2 heterocycles. The van der Waals surface area contributed by atoms with Gasteiger partial charge < -0.3 is 29.9 Å². The van der Waals surface area contributed by atoms with Crippen LogP contribution in [0, 0.1) is 0 Å². The van der Waals surface area contributed by atoms with E-state index in [9.17, 15) is 32.7 Å². The fourth-order valence-electron chi connectivity index (χ4n) is 3.15. The molecule has 0 unspecified atom stereocenters. The van der Waals surface area contributed by atoms with E-state index >= 15 is 0 Å². The number of aliphatic hydroxyl groups excluding tert-OH is 1. The molecular weight excluding hydrogens is 425 g/mol. The van der Waals surface area contributed by atoms with E-state index in [0.717, 1.165) is 16.7 Å². The van der Waals surface area contributed by atoms with E-state index in [0.29, 0.717) is 5.56 Å². The lowest BCUT2D eigenvalue weighted by molar-refractivity contribution is -0.140. The molecule has 1 aromatic carbocycles. The first-order valence-corrected chi connectivity index (χ1v) is 8.90. The molecule has 12 heteroatoms. The molecular formula is C19H17F3N2O7. The first kappa shape index (κ1) is 22.3. The predicted octanol–water partition coefficient (Wildman–Crippen LogP) is 0.827.